The first-order valence-electron chi connectivity index (χ1n) is 7.98. The van der Waals surface area contributed by atoms with Gasteiger partial charge in [0.05, 0.1) is 4.92 Å². The van der Waals surface area contributed by atoms with Crippen molar-refractivity contribution in [3.8, 4) is 11.1 Å². The van der Waals surface area contributed by atoms with Crippen LogP contribution in [0.15, 0.2) is 42.5 Å². The summed E-state index contributed by atoms with van der Waals surface area (Å²) in [6.45, 7) is 0.0989. The smallest absolute Gasteiger partial charge is 0.270 e. The Morgan fingerprint density at radius 2 is 1.73 bits per heavy atom. The van der Waals surface area contributed by atoms with Crippen molar-refractivity contribution in [1.29, 1.82) is 0 Å². The molecule has 3 rings (SSSR count). The molecule has 0 radical (unpaired) electrons. The first-order chi connectivity index (χ1) is 12.3. The SMILES string of the molecule is O=C(c1ccc(-c2ccc([N+](=O)[O-])cc2I)cc1)N1CCC(F)(F)CC1. The number of benzene rings is 2. The van der Waals surface area contributed by atoms with Gasteiger partial charge in [-0.05, 0) is 51.9 Å². The lowest BCUT2D eigenvalue weighted by Crippen LogP contribution is -2.42. The number of nitrogens with zero attached hydrogens (tertiary/aromatic N) is 2. The first kappa shape index (κ1) is 18.7. The molecule has 1 fully saturated rings. The van der Waals surface area contributed by atoms with Crippen molar-refractivity contribution in [3.05, 3.63) is 61.7 Å². The second kappa shape index (κ2) is 7.26. The van der Waals surface area contributed by atoms with E-state index in [0.717, 1.165) is 14.7 Å². The van der Waals surface area contributed by atoms with Crippen LogP contribution in [0.4, 0.5) is 14.5 Å². The van der Waals surface area contributed by atoms with Crippen molar-refractivity contribution in [1.82, 2.24) is 4.90 Å². The number of hydrogen-bond acceptors (Lipinski definition) is 3. The Balaban J connectivity index is 1.76. The Morgan fingerprint density at radius 1 is 1.12 bits per heavy atom. The van der Waals surface area contributed by atoms with Crippen LogP contribution in [0.1, 0.15) is 23.2 Å². The van der Waals surface area contributed by atoms with E-state index in [9.17, 15) is 23.7 Å². The Labute approximate surface area is 162 Å². The summed E-state index contributed by atoms with van der Waals surface area (Å²) in [5.74, 6) is -2.95. The molecular weight excluding hydrogens is 457 g/mol. The number of nitro groups is 1. The molecule has 1 saturated heterocycles. The van der Waals surface area contributed by atoms with Gasteiger partial charge in [-0.1, -0.05) is 12.1 Å². The predicted molar refractivity (Wildman–Crippen MR) is 101 cm³/mol. The zero-order valence-electron chi connectivity index (χ0n) is 13.6. The number of piperidine rings is 1. The molecule has 0 aromatic heterocycles. The molecule has 2 aromatic carbocycles. The summed E-state index contributed by atoms with van der Waals surface area (Å²) in [7, 11) is 0. The highest BCUT2D eigenvalue weighted by atomic mass is 127. The topological polar surface area (TPSA) is 63.4 Å². The van der Waals surface area contributed by atoms with Crippen LogP contribution in [0.2, 0.25) is 0 Å². The average Bonchev–Trinajstić information content (AvgIpc) is 2.61. The third kappa shape index (κ3) is 4.00. The van der Waals surface area contributed by atoms with Crippen LogP contribution in [-0.4, -0.2) is 34.7 Å². The van der Waals surface area contributed by atoms with Crippen LogP contribution in [0, 0.1) is 13.7 Å². The molecule has 2 aromatic rings. The summed E-state index contributed by atoms with van der Waals surface area (Å²) in [5.41, 5.74) is 2.11. The maximum atomic E-state index is 13.2. The van der Waals surface area contributed by atoms with Gasteiger partial charge in [0.2, 0.25) is 0 Å². The Morgan fingerprint density at radius 3 is 2.27 bits per heavy atom. The second-order valence-corrected chi connectivity index (χ2v) is 7.31. The minimum Gasteiger partial charge on any atom is -0.338 e. The number of amides is 1. The van der Waals surface area contributed by atoms with E-state index in [1.165, 1.54) is 17.0 Å². The third-order valence-corrected chi connectivity index (χ3v) is 5.28. The summed E-state index contributed by atoms with van der Waals surface area (Å²) in [5, 5.41) is 10.8. The van der Waals surface area contributed by atoms with Crippen molar-refractivity contribution in [2.24, 2.45) is 0 Å². The molecule has 0 N–H and O–H groups in total. The normalized spacial score (nSPS) is 16.3. The van der Waals surface area contributed by atoms with E-state index in [0.29, 0.717) is 5.56 Å². The van der Waals surface area contributed by atoms with E-state index in [1.807, 2.05) is 22.6 Å². The van der Waals surface area contributed by atoms with E-state index >= 15 is 0 Å². The van der Waals surface area contributed by atoms with Crippen LogP contribution in [0.5, 0.6) is 0 Å². The monoisotopic (exact) mass is 472 g/mol. The van der Waals surface area contributed by atoms with Crippen LogP contribution in [-0.2, 0) is 0 Å². The molecular formula is C18H15F2IN2O3. The molecule has 0 spiro atoms. The first-order valence-corrected chi connectivity index (χ1v) is 9.06. The number of halogens is 3. The van der Waals surface area contributed by atoms with E-state index in [4.69, 9.17) is 0 Å². The lowest BCUT2D eigenvalue weighted by atomic mass is 10.0. The molecule has 136 valence electrons. The number of non-ortho nitro benzene ring substituents is 1. The van der Waals surface area contributed by atoms with Crippen LogP contribution in [0.25, 0.3) is 11.1 Å². The molecule has 0 saturated carbocycles. The average molecular weight is 472 g/mol. The van der Waals surface area contributed by atoms with E-state index in [2.05, 4.69) is 0 Å². The number of carbonyl (C=O) groups is 1. The van der Waals surface area contributed by atoms with Gasteiger partial charge in [0.1, 0.15) is 0 Å². The Kier molecular flexibility index (Phi) is 5.22. The lowest BCUT2D eigenvalue weighted by molar-refractivity contribution is -0.384. The molecule has 1 aliphatic rings. The summed E-state index contributed by atoms with van der Waals surface area (Å²) < 4.78 is 27.2. The number of hydrogen-bond donors (Lipinski definition) is 0. The van der Waals surface area contributed by atoms with Crippen molar-refractivity contribution < 1.29 is 18.5 Å². The van der Waals surface area contributed by atoms with Crippen LogP contribution in [0.3, 0.4) is 0 Å². The quantitative estimate of drug-likeness (QED) is 0.369. The highest BCUT2D eigenvalue weighted by molar-refractivity contribution is 14.1. The predicted octanol–water partition coefficient (Wildman–Crippen LogP) is 4.74. The molecule has 26 heavy (non-hydrogen) atoms. The maximum Gasteiger partial charge on any atom is 0.270 e. The number of likely N-dealkylation sites (tertiary alicyclic amines) is 1. The molecule has 0 atom stereocenters. The van der Waals surface area contributed by atoms with Gasteiger partial charge >= 0.3 is 0 Å². The summed E-state index contributed by atoms with van der Waals surface area (Å²) in [4.78, 5) is 24.3. The van der Waals surface area contributed by atoms with Crippen LogP contribution >= 0.6 is 22.6 Å². The molecule has 5 nitrogen and oxygen atoms in total. The zero-order valence-corrected chi connectivity index (χ0v) is 15.8. The van der Waals surface area contributed by atoms with Gasteiger partial charge in [-0.3, -0.25) is 14.9 Å². The minimum atomic E-state index is -2.69. The molecule has 0 unspecified atom stereocenters. The fraction of sp³-hybridized carbons (Fsp3) is 0.278. The minimum absolute atomic E-state index is 0.0202. The fourth-order valence-electron chi connectivity index (χ4n) is 2.86. The van der Waals surface area contributed by atoms with Crippen molar-refractivity contribution in [3.63, 3.8) is 0 Å². The van der Waals surface area contributed by atoms with Gasteiger partial charge in [0.25, 0.3) is 17.5 Å². The summed E-state index contributed by atoms with van der Waals surface area (Å²) in [6, 6.07) is 11.4. The highest BCUT2D eigenvalue weighted by Crippen LogP contribution is 2.30. The zero-order chi connectivity index (χ0) is 18.9. The Hall–Kier alpha value is -2.10. The number of rotatable bonds is 3. The Bertz CT molecular complexity index is 846. The standard InChI is InChI=1S/C18H15F2IN2O3/c19-18(20)7-9-22(10-8-18)17(24)13-3-1-12(2-4-13)15-6-5-14(23(25)26)11-16(15)21/h1-6,11H,7-10H2. The molecule has 1 heterocycles. The molecule has 8 heteroatoms. The van der Waals surface area contributed by atoms with Gasteiger partial charge in [-0.2, -0.15) is 0 Å². The van der Waals surface area contributed by atoms with E-state index < -0.39 is 10.8 Å². The van der Waals surface area contributed by atoms with E-state index in [1.54, 1.807) is 30.3 Å². The fourth-order valence-corrected chi connectivity index (χ4v) is 3.67. The highest BCUT2D eigenvalue weighted by Gasteiger charge is 2.35. The molecule has 0 aliphatic carbocycles. The molecule has 0 bridgehead atoms. The van der Waals surface area contributed by atoms with E-state index in [-0.39, 0.29) is 37.5 Å². The number of nitro benzene ring substituents is 1. The maximum absolute atomic E-state index is 13.2. The third-order valence-electron chi connectivity index (χ3n) is 4.39. The van der Waals surface area contributed by atoms with Crippen LogP contribution < -0.4 is 0 Å². The van der Waals surface area contributed by atoms with Gasteiger partial charge in [-0.25, -0.2) is 8.78 Å². The summed E-state index contributed by atoms with van der Waals surface area (Å²) in [6.07, 6.45) is -0.615. The number of alkyl halides is 2. The van der Waals surface area contributed by atoms with Crippen molar-refractivity contribution in [2.45, 2.75) is 18.8 Å². The molecule has 1 aliphatic heterocycles. The van der Waals surface area contributed by atoms with Crippen molar-refractivity contribution in [2.75, 3.05) is 13.1 Å². The molecule has 1 amide bonds. The van der Waals surface area contributed by atoms with Crippen molar-refractivity contribution >= 4 is 34.2 Å². The summed E-state index contributed by atoms with van der Waals surface area (Å²) >= 11 is 2.03. The lowest BCUT2D eigenvalue weighted by Gasteiger charge is -2.31. The van der Waals surface area contributed by atoms with Gasteiger partial charge in [-0.15, -0.1) is 0 Å². The van der Waals surface area contributed by atoms with Gasteiger partial charge in [0.15, 0.2) is 0 Å². The second-order valence-electron chi connectivity index (χ2n) is 6.15. The van der Waals surface area contributed by atoms with Gasteiger partial charge in [0, 0.05) is 47.2 Å². The number of carbonyl (C=O) groups excluding carboxylic acids is 1. The largest absolute Gasteiger partial charge is 0.338 e. The van der Waals surface area contributed by atoms with Gasteiger partial charge < -0.3 is 4.90 Å².